The van der Waals surface area contributed by atoms with Crippen LogP contribution in [-0.2, 0) is 28.4 Å². The number of carbonyl (C=O) groups excluding carboxylic acids is 2. The van der Waals surface area contributed by atoms with E-state index in [4.69, 9.17) is 27.9 Å². The zero-order chi connectivity index (χ0) is 26.4. The normalized spacial score (nSPS) is 11.5. The van der Waals surface area contributed by atoms with E-state index in [1.165, 1.54) is 6.92 Å². The molecule has 0 saturated heterocycles. The van der Waals surface area contributed by atoms with Gasteiger partial charge in [0.05, 0.1) is 6.61 Å². The zero-order valence-electron chi connectivity index (χ0n) is 17.2. The Balaban J connectivity index is 0.000000258. The summed E-state index contributed by atoms with van der Waals surface area (Å²) in [5.74, 6) is -2.15. The molecule has 0 radical (unpaired) electrons. The van der Waals surface area contributed by atoms with Crippen molar-refractivity contribution in [1.29, 1.82) is 0 Å². The van der Waals surface area contributed by atoms with Gasteiger partial charge in [-0.2, -0.15) is 26.3 Å². The molecule has 3 rings (SSSR count). The lowest BCUT2D eigenvalue weighted by atomic mass is 10.2. The van der Waals surface area contributed by atoms with Crippen molar-refractivity contribution in [3.05, 3.63) is 66.0 Å². The fourth-order valence-electron chi connectivity index (χ4n) is 2.23. The summed E-state index contributed by atoms with van der Waals surface area (Å²) in [4.78, 5) is 27.7. The maximum Gasteiger partial charge on any atom is 0.435 e. The summed E-state index contributed by atoms with van der Waals surface area (Å²) in [6.07, 6.45) is -9.45. The van der Waals surface area contributed by atoms with E-state index in [1.807, 2.05) is 0 Å². The molecule has 0 spiro atoms. The van der Waals surface area contributed by atoms with Crippen LogP contribution in [0.4, 0.5) is 26.3 Å². The number of rotatable bonds is 5. The number of benzene rings is 1. The van der Waals surface area contributed by atoms with E-state index in [-0.39, 0.29) is 22.1 Å². The van der Waals surface area contributed by atoms with Gasteiger partial charge in [0, 0.05) is 0 Å². The summed E-state index contributed by atoms with van der Waals surface area (Å²) in [5.41, 5.74) is -1.94. The maximum absolute atomic E-state index is 12.7. The van der Waals surface area contributed by atoms with E-state index in [1.54, 1.807) is 30.3 Å². The van der Waals surface area contributed by atoms with E-state index in [0.717, 1.165) is 0 Å². The zero-order valence-corrected chi connectivity index (χ0v) is 20.3. The summed E-state index contributed by atoms with van der Waals surface area (Å²) in [6.45, 7) is 1.37. The highest BCUT2D eigenvalue weighted by molar-refractivity contribution is 7.18. The minimum atomic E-state index is -4.75. The summed E-state index contributed by atoms with van der Waals surface area (Å²) < 4.78 is 83.6. The Bertz CT molecular complexity index is 1170. The number of carbonyl (C=O) groups is 2. The number of hydrogen-bond acceptors (Lipinski definition) is 8. The van der Waals surface area contributed by atoms with Crippen molar-refractivity contribution in [1.82, 2.24) is 9.97 Å². The highest BCUT2D eigenvalue weighted by Gasteiger charge is 2.41. The van der Waals surface area contributed by atoms with Gasteiger partial charge >= 0.3 is 24.3 Å². The largest absolute Gasteiger partial charge is 0.462 e. The molecule has 0 bridgehead atoms. The van der Waals surface area contributed by atoms with Crippen LogP contribution in [-0.4, -0.2) is 28.5 Å². The average molecular weight is 581 g/mol. The minimum Gasteiger partial charge on any atom is -0.462 e. The van der Waals surface area contributed by atoms with Crippen LogP contribution in [0.2, 0.25) is 8.93 Å². The molecule has 0 aliphatic rings. The van der Waals surface area contributed by atoms with Gasteiger partial charge in [0.15, 0.2) is 20.3 Å². The second-order valence-corrected chi connectivity index (χ2v) is 9.23. The lowest BCUT2D eigenvalue weighted by molar-refractivity contribution is -0.142. The molecule has 3 aromatic rings. The van der Waals surface area contributed by atoms with Crippen LogP contribution in [0, 0.1) is 0 Å². The molecule has 2 aromatic heterocycles. The lowest BCUT2D eigenvalue weighted by Crippen LogP contribution is -2.13. The van der Waals surface area contributed by atoms with Gasteiger partial charge in [0.1, 0.15) is 16.4 Å². The first-order chi connectivity index (χ1) is 16.2. The van der Waals surface area contributed by atoms with E-state index in [2.05, 4.69) is 14.7 Å². The van der Waals surface area contributed by atoms with Crippen LogP contribution >= 0.6 is 45.9 Å². The monoisotopic (exact) mass is 580 g/mol. The highest BCUT2D eigenvalue weighted by Crippen LogP contribution is 2.37. The van der Waals surface area contributed by atoms with Gasteiger partial charge in [-0.05, 0) is 12.5 Å². The first-order valence-electron chi connectivity index (χ1n) is 9.09. The third kappa shape index (κ3) is 8.33. The molecule has 1 aromatic carbocycles. The predicted octanol–water partition coefficient (Wildman–Crippen LogP) is 7.16. The summed E-state index contributed by atoms with van der Waals surface area (Å²) in [7, 11) is 0. The Labute approximate surface area is 211 Å². The SMILES string of the molecule is CCOC(=O)c1sc(Cl)nc1C(F)(F)F.O=C(OCc1ccccc1)c1sc(Cl)nc1C(F)(F)F. The minimum absolute atomic E-state index is 0.00828. The van der Waals surface area contributed by atoms with Gasteiger partial charge in [0.25, 0.3) is 0 Å². The van der Waals surface area contributed by atoms with Gasteiger partial charge in [-0.1, -0.05) is 76.2 Å². The Morgan fingerprint density at radius 1 is 0.829 bits per heavy atom. The molecule has 0 aliphatic heterocycles. The molecule has 0 atom stereocenters. The standard InChI is InChI=1S/C12H7ClF3NO2S.C7H5ClF3NO2S/c13-11-17-9(12(14,15)16)8(20-11)10(18)19-6-7-4-2-1-3-5-7;1-2-14-5(13)3-4(7(9,10)11)12-6(8)15-3/h1-5H,6H2;2H2,1H3. The fraction of sp³-hybridized carbons (Fsp3) is 0.263. The Hall–Kier alpha value is -2.42. The van der Waals surface area contributed by atoms with Crippen LogP contribution in [0.3, 0.4) is 0 Å². The number of thiazole rings is 2. The number of hydrogen-bond donors (Lipinski definition) is 0. The number of alkyl halides is 6. The van der Waals surface area contributed by atoms with E-state index < -0.39 is 45.4 Å². The molecular weight excluding hydrogens is 569 g/mol. The number of esters is 2. The first kappa shape index (κ1) is 28.8. The van der Waals surface area contributed by atoms with Crippen LogP contribution < -0.4 is 0 Å². The number of aromatic nitrogens is 2. The third-order valence-corrected chi connectivity index (χ3v) is 5.88. The Morgan fingerprint density at radius 3 is 1.66 bits per heavy atom. The van der Waals surface area contributed by atoms with Crippen molar-refractivity contribution < 1.29 is 45.4 Å². The predicted molar refractivity (Wildman–Crippen MR) is 116 cm³/mol. The third-order valence-electron chi connectivity index (χ3n) is 3.60. The highest BCUT2D eigenvalue weighted by atomic mass is 35.5. The molecule has 0 N–H and O–H groups in total. The van der Waals surface area contributed by atoms with Crippen LogP contribution in [0.5, 0.6) is 0 Å². The fourth-order valence-corrected chi connectivity index (χ4v) is 4.28. The molecule has 16 heteroatoms. The molecule has 190 valence electrons. The molecule has 2 heterocycles. The quantitative estimate of drug-likeness (QED) is 0.235. The Kier molecular flexibility index (Phi) is 9.89. The Morgan fingerprint density at radius 2 is 1.26 bits per heavy atom. The van der Waals surface area contributed by atoms with E-state index >= 15 is 0 Å². The van der Waals surface area contributed by atoms with Crippen molar-refractivity contribution >= 4 is 57.8 Å². The summed E-state index contributed by atoms with van der Waals surface area (Å²) in [5, 5.41) is 0. The summed E-state index contributed by atoms with van der Waals surface area (Å²) >= 11 is 11.6. The molecular formula is C19H12Cl2F6N2O4S2. The summed E-state index contributed by atoms with van der Waals surface area (Å²) in [6, 6.07) is 8.62. The van der Waals surface area contributed by atoms with Crippen molar-refractivity contribution in [2.45, 2.75) is 25.9 Å². The van der Waals surface area contributed by atoms with Crippen LogP contribution in [0.15, 0.2) is 30.3 Å². The van der Waals surface area contributed by atoms with Crippen molar-refractivity contribution in [3.8, 4) is 0 Å². The van der Waals surface area contributed by atoms with Gasteiger partial charge in [-0.15, -0.1) is 0 Å². The van der Waals surface area contributed by atoms with Crippen LogP contribution in [0.1, 0.15) is 43.2 Å². The average Bonchev–Trinajstić information content (AvgIpc) is 3.36. The molecule has 0 aliphatic carbocycles. The molecule has 0 amide bonds. The van der Waals surface area contributed by atoms with Gasteiger partial charge in [-0.25, -0.2) is 19.6 Å². The molecule has 0 fully saturated rings. The van der Waals surface area contributed by atoms with E-state index in [9.17, 15) is 35.9 Å². The van der Waals surface area contributed by atoms with Crippen molar-refractivity contribution in [2.75, 3.05) is 6.61 Å². The first-order valence-corrected chi connectivity index (χ1v) is 11.5. The number of halogens is 8. The lowest BCUT2D eigenvalue weighted by Gasteiger charge is -2.06. The second kappa shape index (κ2) is 12.0. The van der Waals surface area contributed by atoms with Crippen molar-refractivity contribution in [3.63, 3.8) is 0 Å². The van der Waals surface area contributed by atoms with Crippen LogP contribution in [0.25, 0.3) is 0 Å². The van der Waals surface area contributed by atoms with E-state index in [0.29, 0.717) is 28.2 Å². The van der Waals surface area contributed by atoms with Gasteiger partial charge in [0.2, 0.25) is 0 Å². The smallest absolute Gasteiger partial charge is 0.435 e. The molecule has 0 saturated carbocycles. The second-order valence-electron chi connectivity index (χ2n) is 6.07. The van der Waals surface area contributed by atoms with Crippen molar-refractivity contribution in [2.24, 2.45) is 0 Å². The van der Waals surface area contributed by atoms with Gasteiger partial charge in [-0.3, -0.25) is 0 Å². The van der Waals surface area contributed by atoms with Gasteiger partial charge < -0.3 is 9.47 Å². The number of ether oxygens (including phenoxy) is 2. The molecule has 6 nitrogen and oxygen atoms in total. The molecule has 35 heavy (non-hydrogen) atoms. The maximum atomic E-state index is 12.7. The number of nitrogens with zero attached hydrogens (tertiary/aromatic N) is 2. The molecule has 0 unspecified atom stereocenters. The topological polar surface area (TPSA) is 78.4 Å².